The quantitative estimate of drug-likeness (QED) is 0.758. The summed E-state index contributed by atoms with van der Waals surface area (Å²) in [6.45, 7) is 6.74. The lowest BCUT2D eigenvalue weighted by atomic mass is 10.1. The van der Waals surface area contributed by atoms with Crippen LogP contribution in [0.1, 0.15) is 31.1 Å². The third-order valence-electron chi connectivity index (χ3n) is 4.00. The zero-order chi connectivity index (χ0) is 17.2. The molecule has 0 radical (unpaired) electrons. The summed E-state index contributed by atoms with van der Waals surface area (Å²) in [6.07, 6.45) is 4.97. The molecule has 2 rings (SSSR count). The number of benzene rings is 1. The first-order chi connectivity index (χ1) is 11.7. The Kier molecular flexibility index (Phi) is 7.18. The number of pyridine rings is 1. The van der Waals surface area contributed by atoms with E-state index in [9.17, 15) is 4.79 Å². The molecule has 0 saturated carbocycles. The van der Waals surface area contributed by atoms with E-state index in [0.29, 0.717) is 6.54 Å². The van der Waals surface area contributed by atoms with Crippen LogP contribution in [0.5, 0.6) is 0 Å². The topological polar surface area (TPSA) is 45.2 Å². The van der Waals surface area contributed by atoms with E-state index in [2.05, 4.69) is 41.2 Å². The lowest BCUT2D eigenvalue weighted by molar-refractivity contribution is -0.116. The summed E-state index contributed by atoms with van der Waals surface area (Å²) in [5, 5.41) is 3.01. The SMILES string of the molecule is CCN(CC)C(CNC(=O)C=Cc1ccccn1)c1ccccc1. The van der Waals surface area contributed by atoms with Gasteiger partial charge in [-0.3, -0.25) is 14.7 Å². The van der Waals surface area contributed by atoms with Crippen LogP contribution in [0.3, 0.4) is 0 Å². The fourth-order valence-electron chi connectivity index (χ4n) is 2.69. The Labute approximate surface area is 144 Å². The zero-order valence-electron chi connectivity index (χ0n) is 14.4. The third kappa shape index (κ3) is 5.32. The molecule has 2 aromatic rings. The zero-order valence-corrected chi connectivity index (χ0v) is 14.4. The molecule has 1 heterocycles. The summed E-state index contributed by atoms with van der Waals surface area (Å²) in [7, 11) is 0. The second-order valence-electron chi connectivity index (χ2n) is 5.48. The summed E-state index contributed by atoms with van der Waals surface area (Å²) in [5.41, 5.74) is 1.99. The Morgan fingerprint density at radius 2 is 1.83 bits per heavy atom. The highest BCUT2D eigenvalue weighted by atomic mass is 16.1. The van der Waals surface area contributed by atoms with Gasteiger partial charge in [0, 0.05) is 18.8 Å². The Balaban J connectivity index is 1.99. The Morgan fingerprint density at radius 1 is 1.12 bits per heavy atom. The Morgan fingerprint density at radius 3 is 2.46 bits per heavy atom. The third-order valence-corrected chi connectivity index (χ3v) is 4.00. The van der Waals surface area contributed by atoms with Gasteiger partial charge in [0.05, 0.1) is 11.7 Å². The maximum absolute atomic E-state index is 12.1. The highest BCUT2D eigenvalue weighted by molar-refractivity contribution is 5.91. The molecule has 4 heteroatoms. The van der Waals surface area contributed by atoms with Crippen molar-refractivity contribution in [1.29, 1.82) is 0 Å². The second kappa shape index (κ2) is 9.63. The van der Waals surface area contributed by atoms with Crippen LogP contribution in [0.4, 0.5) is 0 Å². The van der Waals surface area contributed by atoms with E-state index in [0.717, 1.165) is 18.8 Å². The number of carbonyl (C=O) groups excluding carboxylic acids is 1. The van der Waals surface area contributed by atoms with E-state index in [1.54, 1.807) is 12.3 Å². The van der Waals surface area contributed by atoms with Gasteiger partial charge in [-0.2, -0.15) is 0 Å². The first-order valence-corrected chi connectivity index (χ1v) is 8.40. The van der Waals surface area contributed by atoms with Crippen LogP contribution in [0.25, 0.3) is 6.08 Å². The monoisotopic (exact) mass is 323 g/mol. The minimum atomic E-state index is -0.103. The Bertz CT molecular complexity index is 636. The molecule has 0 spiro atoms. The number of aromatic nitrogens is 1. The average molecular weight is 323 g/mol. The van der Waals surface area contributed by atoms with Crippen LogP contribution in [-0.2, 0) is 4.79 Å². The van der Waals surface area contributed by atoms with Crippen LogP contribution in [0.15, 0.2) is 60.8 Å². The van der Waals surface area contributed by atoms with Crippen molar-refractivity contribution in [1.82, 2.24) is 15.2 Å². The molecule has 0 aliphatic carbocycles. The summed E-state index contributed by atoms with van der Waals surface area (Å²) in [4.78, 5) is 18.6. The second-order valence-corrected chi connectivity index (χ2v) is 5.48. The van der Waals surface area contributed by atoms with Gasteiger partial charge in [-0.1, -0.05) is 50.2 Å². The van der Waals surface area contributed by atoms with Gasteiger partial charge < -0.3 is 5.32 Å². The first-order valence-electron chi connectivity index (χ1n) is 8.40. The molecular formula is C20H25N3O. The van der Waals surface area contributed by atoms with Gasteiger partial charge in [0.2, 0.25) is 5.91 Å². The summed E-state index contributed by atoms with van der Waals surface area (Å²) < 4.78 is 0. The fourth-order valence-corrected chi connectivity index (χ4v) is 2.69. The van der Waals surface area contributed by atoms with Crippen molar-refractivity contribution in [2.24, 2.45) is 0 Å². The van der Waals surface area contributed by atoms with Crippen molar-refractivity contribution in [3.05, 3.63) is 72.1 Å². The van der Waals surface area contributed by atoms with Crippen molar-refractivity contribution in [3.63, 3.8) is 0 Å². The predicted molar refractivity (Wildman–Crippen MR) is 98.4 cm³/mol. The predicted octanol–water partition coefficient (Wildman–Crippen LogP) is 3.29. The molecule has 1 amide bonds. The van der Waals surface area contributed by atoms with Gasteiger partial charge in [-0.15, -0.1) is 0 Å². The van der Waals surface area contributed by atoms with E-state index in [1.165, 1.54) is 11.6 Å². The molecule has 24 heavy (non-hydrogen) atoms. The van der Waals surface area contributed by atoms with Crippen LogP contribution in [-0.4, -0.2) is 35.4 Å². The molecule has 1 aromatic heterocycles. The molecule has 1 N–H and O–H groups in total. The van der Waals surface area contributed by atoms with Gasteiger partial charge in [0.1, 0.15) is 0 Å². The maximum atomic E-state index is 12.1. The molecule has 0 aliphatic rings. The molecule has 0 fully saturated rings. The number of nitrogens with zero attached hydrogens (tertiary/aromatic N) is 2. The highest BCUT2D eigenvalue weighted by Gasteiger charge is 2.17. The minimum Gasteiger partial charge on any atom is -0.351 e. The highest BCUT2D eigenvalue weighted by Crippen LogP contribution is 2.19. The van der Waals surface area contributed by atoms with Gasteiger partial charge in [0.25, 0.3) is 0 Å². The fraction of sp³-hybridized carbons (Fsp3) is 0.300. The van der Waals surface area contributed by atoms with Crippen molar-refractivity contribution in [2.75, 3.05) is 19.6 Å². The van der Waals surface area contributed by atoms with Crippen LogP contribution < -0.4 is 5.32 Å². The van der Waals surface area contributed by atoms with Crippen LogP contribution >= 0.6 is 0 Å². The standard InChI is InChI=1S/C20H25N3O/c1-3-23(4-2)19(17-10-6-5-7-11-17)16-22-20(24)14-13-18-12-8-9-15-21-18/h5-15,19H,3-4,16H2,1-2H3,(H,22,24). The molecule has 1 atom stereocenters. The van der Waals surface area contributed by atoms with Crippen LogP contribution in [0.2, 0.25) is 0 Å². The number of likely N-dealkylation sites (N-methyl/N-ethyl adjacent to an activating group) is 1. The number of carbonyl (C=O) groups is 1. The average Bonchev–Trinajstić information content (AvgIpc) is 2.65. The lowest BCUT2D eigenvalue weighted by Crippen LogP contribution is -2.37. The largest absolute Gasteiger partial charge is 0.351 e. The normalized spacial score (nSPS) is 12.5. The van der Waals surface area contributed by atoms with E-state index < -0.39 is 0 Å². The van der Waals surface area contributed by atoms with E-state index >= 15 is 0 Å². The van der Waals surface area contributed by atoms with Crippen molar-refractivity contribution >= 4 is 12.0 Å². The van der Waals surface area contributed by atoms with E-state index in [1.807, 2.05) is 36.4 Å². The van der Waals surface area contributed by atoms with Gasteiger partial charge >= 0.3 is 0 Å². The lowest BCUT2D eigenvalue weighted by Gasteiger charge is -2.30. The summed E-state index contributed by atoms with van der Waals surface area (Å²) >= 11 is 0. The molecule has 0 bridgehead atoms. The maximum Gasteiger partial charge on any atom is 0.244 e. The molecule has 1 aromatic carbocycles. The van der Waals surface area contributed by atoms with Gasteiger partial charge in [-0.25, -0.2) is 0 Å². The first kappa shape index (κ1) is 17.9. The number of rotatable bonds is 8. The minimum absolute atomic E-state index is 0.103. The summed E-state index contributed by atoms with van der Waals surface area (Å²) in [6, 6.07) is 16.1. The van der Waals surface area contributed by atoms with Gasteiger partial charge in [-0.05, 0) is 36.9 Å². The number of amides is 1. The molecule has 0 saturated heterocycles. The van der Waals surface area contributed by atoms with Gasteiger partial charge in [0.15, 0.2) is 0 Å². The molecule has 4 nitrogen and oxygen atoms in total. The molecule has 126 valence electrons. The molecular weight excluding hydrogens is 298 g/mol. The van der Waals surface area contributed by atoms with E-state index in [-0.39, 0.29) is 11.9 Å². The smallest absolute Gasteiger partial charge is 0.244 e. The Hall–Kier alpha value is -2.46. The van der Waals surface area contributed by atoms with Crippen molar-refractivity contribution in [3.8, 4) is 0 Å². The van der Waals surface area contributed by atoms with Crippen molar-refractivity contribution < 1.29 is 4.79 Å². The number of hydrogen-bond acceptors (Lipinski definition) is 3. The summed E-state index contributed by atoms with van der Waals surface area (Å²) in [5.74, 6) is -0.103. The number of nitrogens with one attached hydrogen (secondary N) is 1. The van der Waals surface area contributed by atoms with Crippen LogP contribution in [0, 0.1) is 0 Å². The number of hydrogen-bond donors (Lipinski definition) is 1. The van der Waals surface area contributed by atoms with E-state index in [4.69, 9.17) is 0 Å². The molecule has 0 aliphatic heterocycles. The molecule has 1 unspecified atom stereocenters. The van der Waals surface area contributed by atoms with Crippen molar-refractivity contribution in [2.45, 2.75) is 19.9 Å².